The number of nitrogens with one attached hydrogen (secondary N) is 1. The average molecular weight is 392 g/mol. The van der Waals surface area contributed by atoms with Gasteiger partial charge in [-0.2, -0.15) is 5.10 Å². The molecule has 2 aromatic carbocycles. The van der Waals surface area contributed by atoms with E-state index in [4.69, 9.17) is 4.74 Å². The summed E-state index contributed by atoms with van der Waals surface area (Å²) in [6.45, 7) is 10.1. The average Bonchev–Trinajstić information content (AvgIpc) is 3.10. The number of aromatic nitrogens is 2. The standard InChI is InChI=1S/C24H29N3O2/c1-5-27-18(4)22(15-26-27)14-25-24(28)21-8-6-7-19(13-21)16-29-23-11-9-20(10-12-23)17(2)3/h6-13,15,17H,5,14,16H2,1-4H3,(H,25,28). The van der Waals surface area contributed by atoms with Gasteiger partial charge in [0.05, 0.1) is 6.20 Å². The van der Waals surface area contributed by atoms with Gasteiger partial charge in [0.1, 0.15) is 12.4 Å². The Morgan fingerprint density at radius 1 is 1.17 bits per heavy atom. The number of nitrogens with zero attached hydrogens (tertiary/aromatic N) is 2. The van der Waals surface area contributed by atoms with Gasteiger partial charge in [0.25, 0.3) is 5.91 Å². The summed E-state index contributed by atoms with van der Waals surface area (Å²) in [5.41, 5.74) is 4.99. The highest BCUT2D eigenvalue weighted by molar-refractivity contribution is 5.94. The topological polar surface area (TPSA) is 56.2 Å². The molecule has 1 N–H and O–H groups in total. The normalized spacial score (nSPS) is 10.9. The van der Waals surface area contributed by atoms with E-state index in [1.807, 2.05) is 54.2 Å². The molecule has 5 heteroatoms. The molecule has 0 unspecified atom stereocenters. The summed E-state index contributed by atoms with van der Waals surface area (Å²) in [7, 11) is 0. The number of benzene rings is 2. The van der Waals surface area contributed by atoms with Gasteiger partial charge in [0, 0.05) is 29.9 Å². The second-order valence-corrected chi connectivity index (χ2v) is 7.47. The summed E-state index contributed by atoms with van der Waals surface area (Å²) in [4.78, 5) is 12.6. The maximum atomic E-state index is 12.6. The number of hydrogen-bond donors (Lipinski definition) is 1. The molecule has 152 valence electrons. The summed E-state index contributed by atoms with van der Waals surface area (Å²) in [6, 6.07) is 15.7. The molecule has 0 saturated carbocycles. The lowest BCUT2D eigenvalue weighted by Gasteiger charge is -2.10. The molecule has 0 atom stereocenters. The maximum absolute atomic E-state index is 12.6. The van der Waals surface area contributed by atoms with Crippen molar-refractivity contribution in [3.05, 3.63) is 82.7 Å². The Labute approximate surface area is 172 Å². The minimum Gasteiger partial charge on any atom is -0.489 e. The van der Waals surface area contributed by atoms with Gasteiger partial charge in [0.15, 0.2) is 0 Å². The Morgan fingerprint density at radius 3 is 2.59 bits per heavy atom. The minimum absolute atomic E-state index is 0.100. The van der Waals surface area contributed by atoms with Crippen LogP contribution >= 0.6 is 0 Å². The summed E-state index contributed by atoms with van der Waals surface area (Å²) >= 11 is 0. The molecular formula is C24H29N3O2. The Kier molecular flexibility index (Phi) is 6.70. The molecule has 0 aliphatic rings. The predicted molar refractivity (Wildman–Crippen MR) is 115 cm³/mol. The molecule has 0 aliphatic carbocycles. The highest BCUT2D eigenvalue weighted by Gasteiger charge is 2.10. The molecule has 1 aromatic heterocycles. The van der Waals surface area contributed by atoms with Crippen molar-refractivity contribution >= 4 is 5.91 Å². The van der Waals surface area contributed by atoms with Crippen molar-refractivity contribution in [2.75, 3.05) is 0 Å². The van der Waals surface area contributed by atoms with Gasteiger partial charge in [-0.15, -0.1) is 0 Å². The first kappa shape index (κ1) is 20.6. The van der Waals surface area contributed by atoms with E-state index in [1.54, 1.807) is 0 Å². The van der Waals surface area contributed by atoms with Crippen LogP contribution in [0, 0.1) is 6.92 Å². The van der Waals surface area contributed by atoms with E-state index in [2.05, 4.69) is 43.3 Å². The van der Waals surface area contributed by atoms with Crippen LogP contribution in [-0.4, -0.2) is 15.7 Å². The van der Waals surface area contributed by atoms with Crippen LogP contribution in [0.1, 0.15) is 59.4 Å². The number of ether oxygens (including phenoxy) is 1. The molecule has 0 aliphatic heterocycles. The van der Waals surface area contributed by atoms with Crippen molar-refractivity contribution in [3.63, 3.8) is 0 Å². The smallest absolute Gasteiger partial charge is 0.251 e. The minimum atomic E-state index is -0.100. The second-order valence-electron chi connectivity index (χ2n) is 7.47. The van der Waals surface area contributed by atoms with E-state index in [0.29, 0.717) is 24.6 Å². The van der Waals surface area contributed by atoms with Crippen molar-refractivity contribution in [2.45, 2.75) is 53.3 Å². The Hall–Kier alpha value is -3.08. The zero-order chi connectivity index (χ0) is 20.8. The van der Waals surface area contributed by atoms with E-state index in [0.717, 1.165) is 29.1 Å². The number of carbonyl (C=O) groups is 1. The molecule has 5 nitrogen and oxygen atoms in total. The van der Waals surface area contributed by atoms with Crippen LogP contribution in [0.4, 0.5) is 0 Å². The molecule has 3 rings (SSSR count). The van der Waals surface area contributed by atoms with Crippen molar-refractivity contribution in [2.24, 2.45) is 0 Å². The monoisotopic (exact) mass is 391 g/mol. The lowest BCUT2D eigenvalue weighted by molar-refractivity contribution is 0.0950. The van der Waals surface area contributed by atoms with E-state index < -0.39 is 0 Å². The van der Waals surface area contributed by atoms with Crippen molar-refractivity contribution in [3.8, 4) is 5.75 Å². The molecular weight excluding hydrogens is 362 g/mol. The fourth-order valence-corrected chi connectivity index (χ4v) is 3.17. The van der Waals surface area contributed by atoms with Crippen LogP contribution < -0.4 is 10.1 Å². The quantitative estimate of drug-likeness (QED) is 0.597. The molecule has 1 amide bonds. The third-order valence-electron chi connectivity index (χ3n) is 5.09. The third-order valence-corrected chi connectivity index (χ3v) is 5.09. The van der Waals surface area contributed by atoms with Crippen LogP contribution in [0.3, 0.4) is 0 Å². The zero-order valence-corrected chi connectivity index (χ0v) is 17.6. The molecule has 29 heavy (non-hydrogen) atoms. The SMILES string of the molecule is CCn1ncc(CNC(=O)c2cccc(COc3ccc(C(C)C)cc3)c2)c1C. The highest BCUT2D eigenvalue weighted by Crippen LogP contribution is 2.19. The van der Waals surface area contributed by atoms with Crippen molar-refractivity contribution in [1.29, 1.82) is 0 Å². The van der Waals surface area contributed by atoms with Crippen LogP contribution in [0.15, 0.2) is 54.7 Å². The van der Waals surface area contributed by atoms with Crippen LogP contribution in [0.5, 0.6) is 5.75 Å². The van der Waals surface area contributed by atoms with Gasteiger partial charge in [-0.1, -0.05) is 38.1 Å². The molecule has 0 fully saturated rings. The van der Waals surface area contributed by atoms with Gasteiger partial charge in [0.2, 0.25) is 0 Å². The maximum Gasteiger partial charge on any atom is 0.251 e. The number of rotatable bonds is 8. The molecule has 0 radical (unpaired) electrons. The predicted octanol–water partition coefficient (Wildman–Crippen LogP) is 4.84. The number of aryl methyl sites for hydroxylation is 1. The molecule has 1 heterocycles. The van der Waals surface area contributed by atoms with E-state index >= 15 is 0 Å². The Morgan fingerprint density at radius 2 is 1.93 bits per heavy atom. The number of carbonyl (C=O) groups excluding carboxylic acids is 1. The number of hydrogen-bond acceptors (Lipinski definition) is 3. The lowest BCUT2D eigenvalue weighted by atomic mass is 10.0. The van der Waals surface area contributed by atoms with Crippen molar-refractivity contribution in [1.82, 2.24) is 15.1 Å². The summed E-state index contributed by atoms with van der Waals surface area (Å²) < 4.78 is 7.80. The highest BCUT2D eigenvalue weighted by atomic mass is 16.5. The first-order valence-corrected chi connectivity index (χ1v) is 10.1. The Balaban J connectivity index is 1.58. The van der Waals surface area contributed by atoms with Crippen molar-refractivity contribution < 1.29 is 9.53 Å². The van der Waals surface area contributed by atoms with Gasteiger partial charge < -0.3 is 10.1 Å². The lowest BCUT2D eigenvalue weighted by Crippen LogP contribution is -2.23. The fourth-order valence-electron chi connectivity index (χ4n) is 3.17. The fraction of sp³-hybridized carbons (Fsp3) is 0.333. The van der Waals surface area contributed by atoms with Crippen LogP contribution in [0.25, 0.3) is 0 Å². The van der Waals surface area contributed by atoms with Gasteiger partial charge in [-0.3, -0.25) is 9.48 Å². The van der Waals surface area contributed by atoms with Gasteiger partial charge in [-0.05, 0) is 55.2 Å². The number of amides is 1. The summed E-state index contributed by atoms with van der Waals surface area (Å²) in [6.07, 6.45) is 1.81. The third kappa shape index (κ3) is 5.25. The van der Waals surface area contributed by atoms with Crippen LogP contribution in [-0.2, 0) is 19.7 Å². The summed E-state index contributed by atoms with van der Waals surface area (Å²) in [5, 5.41) is 7.29. The van der Waals surface area contributed by atoms with Gasteiger partial charge in [-0.25, -0.2) is 0 Å². The molecule has 0 saturated heterocycles. The van der Waals surface area contributed by atoms with E-state index in [-0.39, 0.29) is 5.91 Å². The Bertz CT molecular complexity index is 959. The van der Waals surface area contributed by atoms with E-state index in [1.165, 1.54) is 5.56 Å². The zero-order valence-electron chi connectivity index (χ0n) is 17.6. The second kappa shape index (κ2) is 9.41. The molecule has 0 bridgehead atoms. The van der Waals surface area contributed by atoms with E-state index in [9.17, 15) is 4.79 Å². The molecule has 3 aromatic rings. The first-order chi connectivity index (χ1) is 14.0. The molecule has 0 spiro atoms. The van der Waals surface area contributed by atoms with Crippen LogP contribution in [0.2, 0.25) is 0 Å². The summed E-state index contributed by atoms with van der Waals surface area (Å²) in [5.74, 6) is 1.23. The first-order valence-electron chi connectivity index (χ1n) is 10.1. The largest absolute Gasteiger partial charge is 0.489 e. The van der Waals surface area contributed by atoms with Gasteiger partial charge >= 0.3 is 0 Å².